The molecule has 0 aliphatic heterocycles. The number of aromatic amines is 1. The lowest BCUT2D eigenvalue weighted by Crippen LogP contribution is -2.13. The van der Waals surface area contributed by atoms with Crippen molar-refractivity contribution in [2.45, 2.75) is 13.3 Å². The summed E-state index contributed by atoms with van der Waals surface area (Å²) in [5.74, 6) is -0.0811. The second kappa shape index (κ2) is 5.21. The molecule has 0 radical (unpaired) electrons. The summed E-state index contributed by atoms with van der Waals surface area (Å²) in [5.41, 5.74) is 3.65. The number of amides is 1. The zero-order valence-corrected chi connectivity index (χ0v) is 11.3. The molecule has 1 amide bonds. The van der Waals surface area contributed by atoms with E-state index in [-0.39, 0.29) is 5.91 Å². The van der Waals surface area contributed by atoms with Crippen molar-refractivity contribution in [1.29, 1.82) is 0 Å². The normalized spacial score (nSPS) is 10.7. The third kappa shape index (κ3) is 2.30. The number of H-pyrrole nitrogens is 1. The lowest BCUT2D eigenvalue weighted by atomic mass is 10.1. The number of nitrogens with one attached hydrogen (secondary N) is 2. The lowest BCUT2D eigenvalue weighted by molar-refractivity contribution is 0.102. The Bertz CT molecular complexity index is 758. The molecule has 0 unspecified atom stereocenters. The molecule has 2 aromatic carbocycles. The summed E-state index contributed by atoms with van der Waals surface area (Å²) in [7, 11) is 0. The third-order valence-corrected chi connectivity index (χ3v) is 3.46. The maximum atomic E-state index is 12.3. The highest BCUT2D eigenvalue weighted by Gasteiger charge is 2.09. The predicted molar refractivity (Wildman–Crippen MR) is 82.1 cm³/mol. The van der Waals surface area contributed by atoms with E-state index in [0.29, 0.717) is 5.56 Å². The van der Waals surface area contributed by atoms with E-state index >= 15 is 0 Å². The second-order valence-corrected chi connectivity index (χ2v) is 4.74. The van der Waals surface area contributed by atoms with E-state index in [4.69, 9.17) is 0 Å². The van der Waals surface area contributed by atoms with Crippen LogP contribution in [0.1, 0.15) is 22.8 Å². The molecule has 3 aromatic rings. The number of hydrogen-bond acceptors (Lipinski definition) is 1. The van der Waals surface area contributed by atoms with Gasteiger partial charge in [0.05, 0.1) is 0 Å². The summed E-state index contributed by atoms with van der Waals surface area (Å²) in [5, 5.41) is 4.09. The second-order valence-electron chi connectivity index (χ2n) is 4.74. The van der Waals surface area contributed by atoms with Crippen molar-refractivity contribution in [3.05, 3.63) is 65.9 Å². The lowest BCUT2D eigenvalue weighted by Gasteiger charge is -2.09. The Morgan fingerprint density at radius 1 is 1.15 bits per heavy atom. The van der Waals surface area contributed by atoms with Crippen molar-refractivity contribution in [2.24, 2.45) is 0 Å². The number of benzene rings is 2. The number of carbonyl (C=O) groups is 1. The Kier molecular flexibility index (Phi) is 3.25. The van der Waals surface area contributed by atoms with Crippen LogP contribution in [0.3, 0.4) is 0 Å². The molecule has 0 aliphatic carbocycles. The van der Waals surface area contributed by atoms with Crippen molar-refractivity contribution in [1.82, 2.24) is 4.98 Å². The van der Waals surface area contributed by atoms with Gasteiger partial charge in [0.2, 0.25) is 0 Å². The SMILES string of the molecule is CCc1ccccc1NC(=O)c1ccc2cc[nH]c2c1. The van der Waals surface area contributed by atoms with E-state index in [0.717, 1.165) is 28.6 Å². The van der Waals surface area contributed by atoms with Gasteiger partial charge in [-0.1, -0.05) is 31.2 Å². The standard InChI is InChI=1S/C17H16N2O/c1-2-12-5-3-4-6-15(12)19-17(20)14-8-7-13-9-10-18-16(13)11-14/h3-11,18H,2H2,1H3,(H,19,20). The maximum Gasteiger partial charge on any atom is 0.255 e. The van der Waals surface area contributed by atoms with Crippen LogP contribution in [0.5, 0.6) is 0 Å². The molecule has 0 aliphatic rings. The monoisotopic (exact) mass is 264 g/mol. The number of aryl methyl sites for hydroxylation is 1. The first-order valence-corrected chi connectivity index (χ1v) is 6.74. The molecule has 0 saturated carbocycles. The fraction of sp³-hybridized carbons (Fsp3) is 0.118. The van der Waals surface area contributed by atoms with Gasteiger partial charge in [0.1, 0.15) is 0 Å². The van der Waals surface area contributed by atoms with Gasteiger partial charge in [0.25, 0.3) is 5.91 Å². The Labute approximate surface area is 117 Å². The van der Waals surface area contributed by atoms with Gasteiger partial charge in [-0.25, -0.2) is 0 Å². The van der Waals surface area contributed by atoms with Crippen LogP contribution in [0.25, 0.3) is 10.9 Å². The van der Waals surface area contributed by atoms with Crippen LogP contribution in [0, 0.1) is 0 Å². The Morgan fingerprint density at radius 2 is 2.00 bits per heavy atom. The minimum atomic E-state index is -0.0811. The highest BCUT2D eigenvalue weighted by atomic mass is 16.1. The first kappa shape index (κ1) is 12.5. The Morgan fingerprint density at radius 3 is 2.85 bits per heavy atom. The van der Waals surface area contributed by atoms with E-state index in [9.17, 15) is 4.79 Å². The summed E-state index contributed by atoms with van der Waals surface area (Å²) in [4.78, 5) is 15.4. The summed E-state index contributed by atoms with van der Waals surface area (Å²) >= 11 is 0. The number of para-hydroxylation sites is 1. The average molecular weight is 264 g/mol. The van der Waals surface area contributed by atoms with E-state index in [1.165, 1.54) is 0 Å². The molecular formula is C17H16N2O. The fourth-order valence-corrected chi connectivity index (χ4v) is 2.33. The number of anilines is 1. The van der Waals surface area contributed by atoms with Crippen LogP contribution >= 0.6 is 0 Å². The quantitative estimate of drug-likeness (QED) is 0.738. The van der Waals surface area contributed by atoms with Gasteiger partial charge in [-0.05, 0) is 41.6 Å². The molecule has 0 saturated heterocycles. The summed E-state index contributed by atoms with van der Waals surface area (Å²) in [6.07, 6.45) is 2.77. The summed E-state index contributed by atoms with van der Waals surface area (Å²) < 4.78 is 0. The van der Waals surface area contributed by atoms with Gasteiger partial charge >= 0.3 is 0 Å². The van der Waals surface area contributed by atoms with Crippen LogP contribution in [0.4, 0.5) is 5.69 Å². The van der Waals surface area contributed by atoms with Crippen molar-refractivity contribution in [2.75, 3.05) is 5.32 Å². The molecule has 0 spiro atoms. The molecule has 0 atom stereocenters. The van der Waals surface area contributed by atoms with Crippen molar-refractivity contribution in [3.63, 3.8) is 0 Å². The van der Waals surface area contributed by atoms with Crippen molar-refractivity contribution in [3.8, 4) is 0 Å². The van der Waals surface area contributed by atoms with Crippen molar-refractivity contribution < 1.29 is 4.79 Å². The summed E-state index contributed by atoms with van der Waals surface area (Å²) in [6.45, 7) is 2.08. The highest BCUT2D eigenvalue weighted by molar-refractivity contribution is 6.06. The van der Waals surface area contributed by atoms with Crippen LogP contribution in [0.15, 0.2) is 54.7 Å². The molecule has 1 heterocycles. The molecular weight excluding hydrogens is 248 g/mol. The average Bonchev–Trinajstić information content (AvgIpc) is 2.95. The number of carbonyl (C=O) groups excluding carboxylic acids is 1. The minimum absolute atomic E-state index is 0.0811. The maximum absolute atomic E-state index is 12.3. The number of rotatable bonds is 3. The number of fused-ring (bicyclic) bond motifs is 1. The molecule has 0 bridgehead atoms. The molecule has 100 valence electrons. The van der Waals surface area contributed by atoms with Gasteiger partial charge in [-0.3, -0.25) is 4.79 Å². The zero-order chi connectivity index (χ0) is 13.9. The molecule has 3 nitrogen and oxygen atoms in total. The molecule has 1 aromatic heterocycles. The highest BCUT2D eigenvalue weighted by Crippen LogP contribution is 2.18. The van der Waals surface area contributed by atoms with Crippen molar-refractivity contribution >= 4 is 22.5 Å². The first-order valence-electron chi connectivity index (χ1n) is 6.74. The third-order valence-electron chi connectivity index (χ3n) is 3.46. The minimum Gasteiger partial charge on any atom is -0.361 e. The molecule has 20 heavy (non-hydrogen) atoms. The van der Waals surface area contributed by atoms with Gasteiger partial charge in [-0.2, -0.15) is 0 Å². The van der Waals surface area contributed by atoms with Crippen LogP contribution in [0.2, 0.25) is 0 Å². The topological polar surface area (TPSA) is 44.9 Å². The van der Waals surface area contributed by atoms with Crippen LogP contribution in [-0.2, 0) is 6.42 Å². The molecule has 0 fully saturated rings. The first-order chi connectivity index (χ1) is 9.78. The Balaban J connectivity index is 1.88. The number of aromatic nitrogens is 1. The van der Waals surface area contributed by atoms with E-state index < -0.39 is 0 Å². The van der Waals surface area contributed by atoms with E-state index in [1.807, 2.05) is 54.7 Å². The Hall–Kier alpha value is -2.55. The van der Waals surface area contributed by atoms with Crippen LogP contribution in [-0.4, -0.2) is 10.9 Å². The molecule has 3 heteroatoms. The van der Waals surface area contributed by atoms with E-state index in [2.05, 4.69) is 17.2 Å². The van der Waals surface area contributed by atoms with Gasteiger partial charge < -0.3 is 10.3 Å². The molecule has 2 N–H and O–H groups in total. The van der Waals surface area contributed by atoms with Crippen LogP contribution < -0.4 is 5.32 Å². The zero-order valence-electron chi connectivity index (χ0n) is 11.3. The largest absolute Gasteiger partial charge is 0.361 e. The van der Waals surface area contributed by atoms with E-state index in [1.54, 1.807) is 0 Å². The molecule has 3 rings (SSSR count). The predicted octanol–water partition coefficient (Wildman–Crippen LogP) is 3.98. The smallest absolute Gasteiger partial charge is 0.255 e. The van der Waals surface area contributed by atoms with Gasteiger partial charge in [0.15, 0.2) is 0 Å². The van der Waals surface area contributed by atoms with Gasteiger partial charge in [0, 0.05) is 23.0 Å². The number of hydrogen-bond donors (Lipinski definition) is 2. The fourth-order valence-electron chi connectivity index (χ4n) is 2.33. The summed E-state index contributed by atoms with van der Waals surface area (Å²) in [6, 6.07) is 15.5. The van der Waals surface area contributed by atoms with Gasteiger partial charge in [-0.15, -0.1) is 0 Å².